The van der Waals surface area contributed by atoms with Gasteiger partial charge in [0.25, 0.3) is 5.56 Å². The Balaban J connectivity index is 2.81. The molecular weight excluding hydrogens is 286 g/mol. The minimum atomic E-state index is -0.450. The quantitative estimate of drug-likeness (QED) is 0.757. The first-order valence-corrected chi connectivity index (χ1v) is 5.71. The summed E-state index contributed by atoms with van der Waals surface area (Å²) in [5.41, 5.74) is 0.226. The van der Waals surface area contributed by atoms with Crippen LogP contribution in [0.3, 0.4) is 0 Å². The van der Waals surface area contributed by atoms with Gasteiger partial charge in [-0.1, -0.05) is 6.07 Å². The summed E-state index contributed by atoms with van der Waals surface area (Å²) < 4.78 is 6.90. The fourth-order valence-corrected chi connectivity index (χ4v) is 2.32. The summed E-state index contributed by atoms with van der Waals surface area (Å²) in [5, 5.41) is 1.27. The number of methoxy groups -OCH3 is 1. The molecule has 0 aliphatic rings. The van der Waals surface area contributed by atoms with Crippen LogP contribution in [0.4, 0.5) is 0 Å². The van der Waals surface area contributed by atoms with Gasteiger partial charge in [0.15, 0.2) is 0 Å². The number of aryl methyl sites for hydroxylation is 1. The van der Waals surface area contributed by atoms with Crippen molar-refractivity contribution < 1.29 is 9.53 Å². The lowest BCUT2D eigenvalue weighted by atomic mass is 10.1. The number of fused-ring (bicyclic) bond motifs is 1. The largest absolute Gasteiger partial charge is 0.465 e. The van der Waals surface area contributed by atoms with Gasteiger partial charge in [-0.2, -0.15) is 0 Å². The number of halogens is 1. The molecule has 2 aromatic rings. The Morgan fingerprint density at radius 1 is 1.35 bits per heavy atom. The third-order valence-corrected chi connectivity index (χ3v) is 3.19. The van der Waals surface area contributed by atoms with E-state index in [-0.39, 0.29) is 5.56 Å². The van der Waals surface area contributed by atoms with Crippen LogP contribution in [0.5, 0.6) is 0 Å². The number of aromatic nitrogens is 1. The maximum atomic E-state index is 11.9. The number of ether oxygens (including phenoxy) is 1. The number of rotatable bonds is 1. The van der Waals surface area contributed by atoms with E-state index < -0.39 is 5.97 Å². The van der Waals surface area contributed by atoms with Crippen molar-refractivity contribution >= 4 is 32.7 Å². The number of hydrogen-bond acceptors (Lipinski definition) is 3. The fourth-order valence-electron chi connectivity index (χ4n) is 1.66. The molecule has 0 amide bonds. The molecule has 1 aromatic carbocycles. The number of carbonyl (C=O) groups excluding carboxylic acids is 1. The predicted molar refractivity (Wildman–Crippen MR) is 68.2 cm³/mol. The van der Waals surface area contributed by atoms with Gasteiger partial charge < -0.3 is 9.30 Å². The summed E-state index contributed by atoms with van der Waals surface area (Å²) in [6.07, 6.45) is 1.70. The van der Waals surface area contributed by atoms with E-state index >= 15 is 0 Å². The molecule has 4 nitrogen and oxygen atoms in total. The molecule has 0 saturated heterocycles. The molecule has 0 atom stereocenters. The molecule has 2 rings (SSSR count). The van der Waals surface area contributed by atoms with Crippen molar-refractivity contribution in [2.45, 2.75) is 0 Å². The Labute approximate surface area is 106 Å². The third-order valence-electron chi connectivity index (χ3n) is 2.56. The highest BCUT2D eigenvalue weighted by Gasteiger charge is 2.10. The first kappa shape index (κ1) is 11.9. The highest BCUT2D eigenvalue weighted by Crippen LogP contribution is 2.22. The topological polar surface area (TPSA) is 48.3 Å². The molecule has 1 aromatic heterocycles. The second kappa shape index (κ2) is 4.33. The number of carbonyl (C=O) groups is 1. The minimum absolute atomic E-state index is 0.144. The molecule has 0 radical (unpaired) electrons. The van der Waals surface area contributed by atoms with Gasteiger partial charge in [0.1, 0.15) is 0 Å². The molecule has 1 heterocycles. The Bertz CT molecular complexity index is 661. The summed E-state index contributed by atoms with van der Waals surface area (Å²) in [5.74, 6) is -0.450. The molecule has 17 heavy (non-hydrogen) atoms. The van der Waals surface area contributed by atoms with E-state index in [1.165, 1.54) is 11.7 Å². The van der Waals surface area contributed by atoms with Gasteiger partial charge in [-0.05, 0) is 28.1 Å². The Kier molecular flexibility index (Phi) is 3.02. The minimum Gasteiger partial charge on any atom is -0.465 e. The molecule has 0 bridgehead atoms. The van der Waals surface area contributed by atoms with E-state index in [9.17, 15) is 9.59 Å². The molecule has 0 aliphatic heterocycles. The highest BCUT2D eigenvalue weighted by molar-refractivity contribution is 9.10. The maximum Gasteiger partial charge on any atom is 0.337 e. The number of pyridine rings is 1. The second-order valence-corrected chi connectivity index (χ2v) is 4.50. The lowest BCUT2D eigenvalue weighted by Gasteiger charge is -2.06. The van der Waals surface area contributed by atoms with Crippen LogP contribution < -0.4 is 5.56 Å². The molecule has 0 unspecified atom stereocenters. The van der Waals surface area contributed by atoms with Gasteiger partial charge >= 0.3 is 5.97 Å². The second-order valence-electron chi connectivity index (χ2n) is 3.65. The van der Waals surface area contributed by atoms with Crippen LogP contribution in [-0.4, -0.2) is 17.6 Å². The summed E-state index contributed by atoms with van der Waals surface area (Å²) in [4.78, 5) is 23.3. The molecule has 0 fully saturated rings. The zero-order valence-electron chi connectivity index (χ0n) is 9.36. The summed E-state index contributed by atoms with van der Waals surface area (Å²) >= 11 is 3.38. The average molecular weight is 296 g/mol. The Morgan fingerprint density at radius 3 is 2.71 bits per heavy atom. The fraction of sp³-hybridized carbons (Fsp3) is 0.167. The lowest BCUT2D eigenvalue weighted by Crippen LogP contribution is -2.16. The first-order valence-electron chi connectivity index (χ1n) is 4.92. The van der Waals surface area contributed by atoms with Crippen molar-refractivity contribution in [3.8, 4) is 0 Å². The molecular formula is C12H10BrNO3. The van der Waals surface area contributed by atoms with Crippen LogP contribution in [-0.2, 0) is 11.8 Å². The molecule has 0 spiro atoms. The molecule has 0 N–H and O–H groups in total. The number of esters is 1. The number of benzene rings is 1. The number of hydrogen-bond donors (Lipinski definition) is 0. The van der Waals surface area contributed by atoms with E-state index in [4.69, 9.17) is 0 Å². The van der Waals surface area contributed by atoms with Gasteiger partial charge in [0, 0.05) is 28.5 Å². The summed E-state index contributed by atoms with van der Waals surface area (Å²) in [6, 6.07) is 4.92. The van der Waals surface area contributed by atoms with Gasteiger partial charge in [0.2, 0.25) is 0 Å². The van der Waals surface area contributed by atoms with Gasteiger partial charge in [-0.15, -0.1) is 0 Å². The van der Waals surface area contributed by atoms with Gasteiger partial charge in [0.05, 0.1) is 12.7 Å². The average Bonchev–Trinajstić information content (AvgIpc) is 2.34. The van der Waals surface area contributed by atoms with Crippen LogP contribution in [0.15, 0.2) is 33.7 Å². The van der Waals surface area contributed by atoms with E-state index in [2.05, 4.69) is 20.7 Å². The summed E-state index contributed by atoms with van der Waals surface area (Å²) in [7, 11) is 2.98. The standard InChI is InChI=1S/C12H10BrNO3/c1-14-6-10(13)8-4-3-7(12(16)17-2)5-9(8)11(14)15/h3-6H,1-2H3. The summed E-state index contributed by atoms with van der Waals surface area (Å²) in [6.45, 7) is 0. The van der Waals surface area contributed by atoms with Crippen LogP contribution >= 0.6 is 15.9 Å². The van der Waals surface area contributed by atoms with E-state index in [0.29, 0.717) is 10.9 Å². The first-order chi connectivity index (χ1) is 8.04. The van der Waals surface area contributed by atoms with Crippen LogP contribution in [0.2, 0.25) is 0 Å². The molecule has 5 heteroatoms. The lowest BCUT2D eigenvalue weighted by molar-refractivity contribution is 0.0601. The molecule has 0 aliphatic carbocycles. The Hall–Kier alpha value is -1.62. The van der Waals surface area contributed by atoms with E-state index in [1.807, 2.05) is 0 Å². The Morgan fingerprint density at radius 2 is 2.06 bits per heavy atom. The van der Waals surface area contributed by atoms with Gasteiger partial charge in [-0.3, -0.25) is 4.79 Å². The smallest absolute Gasteiger partial charge is 0.337 e. The highest BCUT2D eigenvalue weighted by atomic mass is 79.9. The van der Waals surface area contributed by atoms with Gasteiger partial charge in [-0.25, -0.2) is 4.79 Å². The van der Waals surface area contributed by atoms with Crippen molar-refractivity contribution in [3.63, 3.8) is 0 Å². The van der Waals surface area contributed by atoms with Crippen LogP contribution in [0.25, 0.3) is 10.8 Å². The number of nitrogens with zero attached hydrogens (tertiary/aromatic N) is 1. The van der Waals surface area contributed by atoms with Crippen molar-refractivity contribution in [1.82, 2.24) is 4.57 Å². The SMILES string of the molecule is COC(=O)c1ccc2c(Br)cn(C)c(=O)c2c1. The van der Waals surface area contributed by atoms with Crippen LogP contribution in [0.1, 0.15) is 10.4 Å². The van der Waals surface area contributed by atoms with Crippen molar-refractivity contribution in [2.24, 2.45) is 7.05 Å². The van der Waals surface area contributed by atoms with Crippen molar-refractivity contribution in [2.75, 3.05) is 7.11 Å². The van der Waals surface area contributed by atoms with E-state index in [0.717, 1.165) is 9.86 Å². The zero-order valence-corrected chi connectivity index (χ0v) is 10.9. The zero-order chi connectivity index (χ0) is 12.6. The van der Waals surface area contributed by atoms with Crippen molar-refractivity contribution in [3.05, 3.63) is 44.8 Å². The molecule has 0 saturated carbocycles. The molecule has 88 valence electrons. The van der Waals surface area contributed by atoms with Crippen LogP contribution in [0, 0.1) is 0 Å². The normalized spacial score (nSPS) is 10.5. The monoisotopic (exact) mass is 295 g/mol. The van der Waals surface area contributed by atoms with E-state index in [1.54, 1.807) is 31.4 Å². The maximum absolute atomic E-state index is 11.9. The van der Waals surface area contributed by atoms with Crippen molar-refractivity contribution in [1.29, 1.82) is 0 Å². The predicted octanol–water partition coefficient (Wildman–Crippen LogP) is 2.09. The third kappa shape index (κ3) is 1.98.